The Labute approximate surface area is 238 Å². The number of para-hydroxylation sites is 1. The topological polar surface area (TPSA) is 71.1 Å². The number of hydrogen-bond acceptors (Lipinski definition) is 7. The predicted octanol–water partition coefficient (Wildman–Crippen LogP) is 6.20. The summed E-state index contributed by atoms with van der Waals surface area (Å²) in [5.74, 6) is -0.563. The van der Waals surface area contributed by atoms with Gasteiger partial charge in [0, 0.05) is 19.8 Å². The Morgan fingerprint density at radius 3 is 2.42 bits per heavy atom. The summed E-state index contributed by atoms with van der Waals surface area (Å²) in [5, 5.41) is 2.23. The highest BCUT2D eigenvalue weighted by Crippen LogP contribution is 2.38. The Morgan fingerprint density at radius 1 is 1.07 bits per heavy atom. The number of rotatable bonds is 8. The van der Waals surface area contributed by atoms with E-state index in [1.54, 1.807) is 24.3 Å². The fourth-order valence-electron chi connectivity index (χ4n) is 3.80. The van der Waals surface area contributed by atoms with Crippen LogP contribution in [0.2, 0.25) is 0 Å². The van der Waals surface area contributed by atoms with Crippen LogP contribution in [0.15, 0.2) is 71.6 Å². The third-order valence-corrected chi connectivity index (χ3v) is 7.07. The molecular weight excluding hydrogens is 563 g/mol. The van der Waals surface area contributed by atoms with Crippen molar-refractivity contribution >= 4 is 63.3 Å². The Bertz CT molecular complexity index is 1470. The van der Waals surface area contributed by atoms with Crippen LogP contribution in [0.25, 0.3) is 6.08 Å². The lowest BCUT2D eigenvalue weighted by molar-refractivity contribution is -0.137. The summed E-state index contributed by atoms with van der Waals surface area (Å²) in [7, 11) is 5.26. The van der Waals surface area contributed by atoms with Crippen molar-refractivity contribution in [1.82, 2.24) is 0 Å². The molecule has 7 nitrogen and oxygen atoms in total. The second-order valence-electron chi connectivity index (χ2n) is 8.72. The number of thiocarbonyl (C=S) groups is 1. The summed E-state index contributed by atoms with van der Waals surface area (Å²) in [6, 6.07) is 17.0. The number of carbonyl (C=O) groups is 2. The molecule has 3 aromatic rings. The predicted molar refractivity (Wildman–Crippen MR) is 155 cm³/mol. The maximum atomic E-state index is 13.2. The highest BCUT2D eigenvalue weighted by molar-refractivity contribution is 8.27. The number of methoxy groups -OCH3 is 1. The Balaban J connectivity index is 1.45. The standard InChI is InChI=1S/C28H24F3N3O4S2/c1-33(2)18-9-11-19(12-10-18)34-26(36)24(40-27(34)39)15-17-8-13-22(23(14-17)37-3)38-16-25(35)32-21-7-5-4-6-20(21)28(29,30)31/h4-15H,16H2,1-3H3,(H,32,35)/b24-15-. The van der Waals surface area contributed by atoms with Gasteiger partial charge < -0.3 is 19.7 Å². The first-order valence-electron chi connectivity index (χ1n) is 11.8. The number of hydrogen-bond donors (Lipinski definition) is 1. The maximum absolute atomic E-state index is 13.2. The molecule has 0 saturated carbocycles. The monoisotopic (exact) mass is 587 g/mol. The van der Waals surface area contributed by atoms with Gasteiger partial charge in [0.25, 0.3) is 11.8 Å². The van der Waals surface area contributed by atoms with E-state index >= 15 is 0 Å². The average Bonchev–Trinajstić information content (AvgIpc) is 3.19. The SMILES string of the molecule is COc1cc(/C=C2\SC(=S)N(c3ccc(N(C)C)cc3)C2=O)ccc1OCC(=O)Nc1ccccc1C(F)(F)F. The van der Waals surface area contributed by atoms with E-state index in [4.69, 9.17) is 21.7 Å². The van der Waals surface area contributed by atoms with Gasteiger partial charge in [0.15, 0.2) is 22.4 Å². The van der Waals surface area contributed by atoms with E-state index in [1.165, 1.54) is 35.9 Å². The van der Waals surface area contributed by atoms with Gasteiger partial charge in [-0.15, -0.1) is 0 Å². The van der Waals surface area contributed by atoms with Crippen molar-refractivity contribution in [1.29, 1.82) is 0 Å². The van der Waals surface area contributed by atoms with E-state index in [2.05, 4.69) is 5.32 Å². The van der Waals surface area contributed by atoms with Gasteiger partial charge in [0.1, 0.15) is 0 Å². The number of nitrogens with one attached hydrogen (secondary N) is 1. The average molecular weight is 588 g/mol. The zero-order chi connectivity index (χ0) is 29.0. The third-order valence-electron chi connectivity index (χ3n) is 5.77. The van der Waals surface area contributed by atoms with Crippen molar-refractivity contribution in [2.24, 2.45) is 0 Å². The van der Waals surface area contributed by atoms with Crippen LogP contribution in [-0.2, 0) is 15.8 Å². The number of nitrogens with zero attached hydrogens (tertiary/aromatic N) is 2. The number of thioether (sulfide) groups is 1. The van der Waals surface area contributed by atoms with Crippen LogP contribution in [0, 0.1) is 0 Å². The van der Waals surface area contributed by atoms with Crippen LogP contribution >= 0.6 is 24.0 Å². The van der Waals surface area contributed by atoms with E-state index < -0.39 is 24.3 Å². The van der Waals surface area contributed by atoms with Gasteiger partial charge in [0.2, 0.25) is 0 Å². The molecule has 3 aromatic carbocycles. The number of ether oxygens (including phenoxy) is 2. The van der Waals surface area contributed by atoms with Gasteiger partial charge in [-0.3, -0.25) is 14.5 Å². The normalized spacial score (nSPS) is 14.4. The first-order chi connectivity index (χ1) is 19.0. The summed E-state index contributed by atoms with van der Waals surface area (Å²) >= 11 is 6.62. The second-order valence-corrected chi connectivity index (χ2v) is 10.4. The van der Waals surface area contributed by atoms with Gasteiger partial charge in [-0.25, -0.2) is 0 Å². The zero-order valence-corrected chi connectivity index (χ0v) is 23.2. The fraction of sp³-hybridized carbons (Fsp3) is 0.179. The summed E-state index contributed by atoms with van der Waals surface area (Å²) in [6.45, 7) is -0.548. The molecule has 0 unspecified atom stereocenters. The smallest absolute Gasteiger partial charge is 0.418 e. The van der Waals surface area contributed by atoms with Crippen molar-refractivity contribution in [3.05, 3.63) is 82.8 Å². The van der Waals surface area contributed by atoms with Crippen molar-refractivity contribution < 1.29 is 32.2 Å². The summed E-state index contributed by atoms with van der Waals surface area (Å²) in [5.41, 5.74) is 0.950. The van der Waals surface area contributed by atoms with E-state index in [1.807, 2.05) is 43.3 Å². The van der Waals surface area contributed by atoms with Crippen molar-refractivity contribution in [2.75, 3.05) is 42.9 Å². The molecule has 40 heavy (non-hydrogen) atoms. The Hall–Kier alpha value is -4.03. The minimum atomic E-state index is -4.62. The van der Waals surface area contributed by atoms with Crippen LogP contribution in [0.3, 0.4) is 0 Å². The number of carbonyl (C=O) groups excluding carboxylic acids is 2. The molecule has 1 saturated heterocycles. The molecule has 0 spiro atoms. The van der Waals surface area contributed by atoms with Crippen LogP contribution < -0.4 is 24.6 Å². The third kappa shape index (κ3) is 6.57. The number of halogens is 3. The molecule has 0 bridgehead atoms. The molecule has 208 valence electrons. The quantitative estimate of drug-likeness (QED) is 0.249. The van der Waals surface area contributed by atoms with E-state index in [0.717, 1.165) is 17.8 Å². The maximum Gasteiger partial charge on any atom is 0.418 e. The molecular formula is C28H24F3N3O4S2. The number of alkyl halides is 3. The lowest BCUT2D eigenvalue weighted by atomic mass is 10.1. The van der Waals surface area contributed by atoms with Crippen LogP contribution in [0.1, 0.15) is 11.1 Å². The number of amides is 2. The minimum Gasteiger partial charge on any atom is -0.493 e. The van der Waals surface area contributed by atoms with E-state index in [9.17, 15) is 22.8 Å². The minimum absolute atomic E-state index is 0.201. The van der Waals surface area contributed by atoms with Gasteiger partial charge in [-0.1, -0.05) is 42.2 Å². The molecule has 1 fully saturated rings. The molecule has 1 aliphatic rings. The van der Waals surface area contributed by atoms with Crippen LogP contribution in [0.5, 0.6) is 11.5 Å². The zero-order valence-electron chi connectivity index (χ0n) is 21.6. The molecule has 12 heteroatoms. The molecule has 4 rings (SSSR count). The molecule has 2 amide bonds. The first-order valence-corrected chi connectivity index (χ1v) is 13.0. The summed E-state index contributed by atoms with van der Waals surface area (Å²) in [6.07, 6.45) is -2.95. The van der Waals surface area contributed by atoms with Gasteiger partial charge in [-0.05, 0) is 60.2 Å². The van der Waals surface area contributed by atoms with E-state index in [0.29, 0.717) is 20.5 Å². The van der Waals surface area contributed by atoms with Gasteiger partial charge in [0.05, 0.1) is 29.0 Å². The lowest BCUT2D eigenvalue weighted by Gasteiger charge is -2.17. The molecule has 0 aromatic heterocycles. The highest BCUT2D eigenvalue weighted by Gasteiger charge is 2.34. The first kappa shape index (κ1) is 29.0. The fourth-order valence-corrected chi connectivity index (χ4v) is 5.10. The van der Waals surface area contributed by atoms with Gasteiger partial charge in [-0.2, -0.15) is 13.2 Å². The highest BCUT2D eigenvalue weighted by atomic mass is 32.2. The van der Waals surface area contributed by atoms with Crippen LogP contribution in [0.4, 0.5) is 30.2 Å². The molecule has 1 heterocycles. The second kappa shape index (κ2) is 12.0. The lowest BCUT2D eigenvalue weighted by Crippen LogP contribution is -2.27. The summed E-state index contributed by atoms with van der Waals surface area (Å²) < 4.78 is 50.8. The molecule has 0 aliphatic carbocycles. The number of benzene rings is 3. The molecule has 1 N–H and O–H groups in total. The van der Waals surface area contributed by atoms with Crippen molar-refractivity contribution in [3.8, 4) is 11.5 Å². The molecule has 0 atom stereocenters. The van der Waals surface area contributed by atoms with E-state index in [-0.39, 0.29) is 23.1 Å². The Morgan fingerprint density at radius 2 is 1.77 bits per heavy atom. The van der Waals surface area contributed by atoms with Crippen molar-refractivity contribution in [2.45, 2.75) is 6.18 Å². The molecule has 1 aliphatic heterocycles. The largest absolute Gasteiger partial charge is 0.493 e. The van der Waals surface area contributed by atoms with Crippen LogP contribution in [-0.4, -0.2) is 43.9 Å². The number of anilines is 3. The van der Waals surface area contributed by atoms with Gasteiger partial charge >= 0.3 is 6.18 Å². The Kier molecular flexibility index (Phi) is 8.70. The van der Waals surface area contributed by atoms with Crippen molar-refractivity contribution in [3.63, 3.8) is 0 Å². The summed E-state index contributed by atoms with van der Waals surface area (Å²) in [4.78, 5) is 29.3. The molecule has 0 radical (unpaired) electrons.